The number of rotatable bonds is 3. The van der Waals surface area contributed by atoms with E-state index in [0.29, 0.717) is 0 Å². The number of hydrogen-bond acceptors (Lipinski definition) is 3. The Labute approximate surface area is 84.0 Å². The maximum absolute atomic E-state index is 5.93. The van der Waals surface area contributed by atoms with Crippen molar-refractivity contribution in [3.8, 4) is 0 Å². The van der Waals surface area contributed by atoms with Crippen LogP contribution in [0, 0.1) is 0 Å². The molecule has 2 N–H and O–H groups in total. The molecule has 2 unspecified atom stereocenters. The van der Waals surface area contributed by atoms with E-state index in [0.717, 1.165) is 31.6 Å². The summed E-state index contributed by atoms with van der Waals surface area (Å²) in [6, 6.07) is 0.134. The van der Waals surface area contributed by atoms with Crippen LogP contribution in [-0.4, -0.2) is 22.4 Å². The average molecular weight is 195 g/mol. The van der Waals surface area contributed by atoms with Crippen LogP contribution < -0.4 is 5.73 Å². The molecule has 1 aromatic heterocycles. The van der Waals surface area contributed by atoms with Gasteiger partial charge in [0.2, 0.25) is 0 Å². The highest BCUT2D eigenvalue weighted by Gasteiger charge is 2.27. The maximum atomic E-state index is 5.93. The second kappa shape index (κ2) is 4.11. The molecule has 2 heterocycles. The summed E-state index contributed by atoms with van der Waals surface area (Å²) in [5.74, 6) is 0. The molecule has 2 rings (SSSR count). The first kappa shape index (κ1) is 9.68. The third kappa shape index (κ3) is 1.81. The second-order valence-electron chi connectivity index (χ2n) is 3.78. The first-order valence-electron chi connectivity index (χ1n) is 5.21. The molecular formula is C10H17N3O. The van der Waals surface area contributed by atoms with Crippen molar-refractivity contribution < 1.29 is 4.74 Å². The molecule has 0 radical (unpaired) electrons. The van der Waals surface area contributed by atoms with Crippen molar-refractivity contribution in [2.75, 3.05) is 6.61 Å². The van der Waals surface area contributed by atoms with E-state index in [-0.39, 0.29) is 12.1 Å². The summed E-state index contributed by atoms with van der Waals surface area (Å²) in [5.41, 5.74) is 7.05. The van der Waals surface area contributed by atoms with Gasteiger partial charge in [-0.1, -0.05) is 6.92 Å². The molecule has 78 valence electrons. The van der Waals surface area contributed by atoms with Gasteiger partial charge in [0, 0.05) is 31.0 Å². The van der Waals surface area contributed by atoms with Gasteiger partial charge >= 0.3 is 0 Å². The number of nitrogens with zero attached hydrogens (tertiary/aromatic N) is 2. The number of aryl methyl sites for hydroxylation is 1. The lowest BCUT2D eigenvalue weighted by atomic mass is 10.1. The van der Waals surface area contributed by atoms with Crippen molar-refractivity contribution in [2.24, 2.45) is 5.73 Å². The third-order valence-corrected chi connectivity index (χ3v) is 2.57. The zero-order valence-corrected chi connectivity index (χ0v) is 8.52. The van der Waals surface area contributed by atoms with Crippen molar-refractivity contribution in [2.45, 2.75) is 38.5 Å². The second-order valence-corrected chi connectivity index (χ2v) is 3.78. The molecule has 0 bridgehead atoms. The van der Waals surface area contributed by atoms with Gasteiger partial charge in [-0.15, -0.1) is 0 Å². The van der Waals surface area contributed by atoms with Gasteiger partial charge in [0.1, 0.15) is 6.10 Å². The van der Waals surface area contributed by atoms with Crippen LogP contribution in [-0.2, 0) is 11.3 Å². The number of ether oxygens (including phenoxy) is 1. The van der Waals surface area contributed by atoms with Crippen LogP contribution in [0.4, 0.5) is 0 Å². The van der Waals surface area contributed by atoms with Crippen LogP contribution in [0.2, 0.25) is 0 Å². The smallest absolute Gasteiger partial charge is 0.101 e. The van der Waals surface area contributed by atoms with Crippen LogP contribution in [0.5, 0.6) is 0 Å². The molecule has 1 aliphatic heterocycles. The van der Waals surface area contributed by atoms with Gasteiger partial charge in [-0.25, -0.2) is 0 Å². The largest absolute Gasteiger partial charge is 0.372 e. The van der Waals surface area contributed by atoms with E-state index in [1.807, 2.05) is 17.1 Å². The van der Waals surface area contributed by atoms with Crippen LogP contribution in [0.1, 0.15) is 31.4 Å². The van der Waals surface area contributed by atoms with Crippen LogP contribution in [0.25, 0.3) is 0 Å². The first-order chi connectivity index (χ1) is 6.81. The topological polar surface area (TPSA) is 53.1 Å². The van der Waals surface area contributed by atoms with Crippen molar-refractivity contribution >= 4 is 0 Å². The fraction of sp³-hybridized carbons (Fsp3) is 0.700. The van der Waals surface area contributed by atoms with Crippen molar-refractivity contribution in [1.29, 1.82) is 0 Å². The molecule has 1 fully saturated rings. The lowest BCUT2D eigenvalue weighted by Gasteiger charge is -2.11. The molecule has 14 heavy (non-hydrogen) atoms. The summed E-state index contributed by atoms with van der Waals surface area (Å²) in [6.07, 6.45) is 6.01. The van der Waals surface area contributed by atoms with Crippen LogP contribution in [0.15, 0.2) is 12.4 Å². The van der Waals surface area contributed by atoms with E-state index in [2.05, 4.69) is 12.0 Å². The fourth-order valence-corrected chi connectivity index (χ4v) is 1.83. The Hall–Kier alpha value is -0.870. The number of nitrogens with two attached hydrogens (primary N) is 1. The standard InChI is InChI=1S/C10H17N3O/c1-2-4-13-7-8(6-12-13)10-9(11)3-5-14-10/h6-7,9-10H,2-5,11H2,1H3. The lowest BCUT2D eigenvalue weighted by Crippen LogP contribution is -2.23. The molecule has 2 atom stereocenters. The first-order valence-corrected chi connectivity index (χ1v) is 5.21. The molecular weight excluding hydrogens is 178 g/mol. The Morgan fingerprint density at radius 1 is 1.71 bits per heavy atom. The van der Waals surface area contributed by atoms with Gasteiger partial charge in [0.15, 0.2) is 0 Å². The monoisotopic (exact) mass is 195 g/mol. The number of aromatic nitrogens is 2. The van der Waals surface area contributed by atoms with E-state index in [4.69, 9.17) is 10.5 Å². The van der Waals surface area contributed by atoms with Crippen molar-refractivity contribution in [3.63, 3.8) is 0 Å². The Kier molecular flexibility index (Phi) is 2.84. The summed E-state index contributed by atoms with van der Waals surface area (Å²) in [7, 11) is 0. The highest BCUT2D eigenvalue weighted by molar-refractivity contribution is 5.12. The highest BCUT2D eigenvalue weighted by atomic mass is 16.5. The predicted octanol–water partition coefficient (Wildman–Crippen LogP) is 1.08. The summed E-state index contributed by atoms with van der Waals surface area (Å²) in [4.78, 5) is 0. The minimum Gasteiger partial charge on any atom is -0.372 e. The summed E-state index contributed by atoms with van der Waals surface area (Å²) >= 11 is 0. The van der Waals surface area contributed by atoms with Crippen LogP contribution in [0.3, 0.4) is 0 Å². The van der Waals surface area contributed by atoms with Gasteiger partial charge in [0.05, 0.1) is 6.20 Å². The van der Waals surface area contributed by atoms with Crippen LogP contribution >= 0.6 is 0 Å². The van der Waals surface area contributed by atoms with E-state index < -0.39 is 0 Å². The lowest BCUT2D eigenvalue weighted by molar-refractivity contribution is 0.105. The van der Waals surface area contributed by atoms with E-state index in [1.165, 1.54) is 0 Å². The minimum absolute atomic E-state index is 0.0561. The normalized spacial score (nSPS) is 27.0. The third-order valence-electron chi connectivity index (χ3n) is 2.57. The molecule has 1 aliphatic rings. The molecule has 0 amide bonds. The Balaban J connectivity index is 2.08. The van der Waals surface area contributed by atoms with Gasteiger partial charge < -0.3 is 10.5 Å². The van der Waals surface area contributed by atoms with Gasteiger partial charge in [0.25, 0.3) is 0 Å². The summed E-state index contributed by atoms with van der Waals surface area (Å²) in [5, 5.41) is 4.27. The predicted molar refractivity (Wildman–Crippen MR) is 53.8 cm³/mol. The van der Waals surface area contributed by atoms with Crippen molar-refractivity contribution in [1.82, 2.24) is 9.78 Å². The zero-order chi connectivity index (χ0) is 9.97. The fourth-order valence-electron chi connectivity index (χ4n) is 1.83. The molecule has 0 aromatic carbocycles. The van der Waals surface area contributed by atoms with Gasteiger partial charge in [-0.2, -0.15) is 5.10 Å². The minimum atomic E-state index is 0.0561. The molecule has 1 aromatic rings. The van der Waals surface area contributed by atoms with Gasteiger partial charge in [-0.05, 0) is 12.8 Å². The molecule has 0 spiro atoms. The van der Waals surface area contributed by atoms with E-state index >= 15 is 0 Å². The van der Waals surface area contributed by atoms with Gasteiger partial charge in [-0.3, -0.25) is 4.68 Å². The quantitative estimate of drug-likeness (QED) is 0.785. The SMILES string of the molecule is CCCn1cc(C2OCCC2N)cn1. The Bertz CT molecular complexity index is 297. The van der Waals surface area contributed by atoms with Crippen molar-refractivity contribution in [3.05, 3.63) is 18.0 Å². The molecule has 0 saturated carbocycles. The maximum Gasteiger partial charge on any atom is 0.101 e. The number of hydrogen-bond donors (Lipinski definition) is 1. The molecule has 1 saturated heterocycles. The van der Waals surface area contributed by atoms with E-state index in [9.17, 15) is 0 Å². The Morgan fingerprint density at radius 3 is 3.21 bits per heavy atom. The summed E-state index contributed by atoms with van der Waals surface area (Å²) < 4.78 is 7.51. The average Bonchev–Trinajstić information content (AvgIpc) is 2.74. The Morgan fingerprint density at radius 2 is 2.57 bits per heavy atom. The molecule has 4 nitrogen and oxygen atoms in total. The zero-order valence-electron chi connectivity index (χ0n) is 8.52. The van der Waals surface area contributed by atoms with E-state index in [1.54, 1.807) is 0 Å². The molecule has 4 heteroatoms. The molecule has 0 aliphatic carbocycles. The summed E-state index contributed by atoms with van der Waals surface area (Å²) in [6.45, 7) is 3.87. The highest BCUT2D eigenvalue weighted by Crippen LogP contribution is 2.27.